The van der Waals surface area contributed by atoms with Crippen LogP contribution in [-0.4, -0.2) is 27.1 Å². The Bertz CT molecular complexity index is 986. The Hall–Kier alpha value is -2.38. The summed E-state index contributed by atoms with van der Waals surface area (Å²) in [6, 6.07) is 11.5. The largest absolute Gasteiger partial charge is 0.348 e. The molecule has 0 atom stereocenters. The van der Waals surface area contributed by atoms with Crippen LogP contribution in [0.1, 0.15) is 32.6 Å². The van der Waals surface area contributed by atoms with Gasteiger partial charge in [0.25, 0.3) is 5.91 Å². The highest BCUT2D eigenvalue weighted by molar-refractivity contribution is 7.92. The molecule has 2 heterocycles. The number of benzene rings is 2. The molecule has 1 amide bonds. The highest BCUT2D eigenvalue weighted by Gasteiger charge is 2.26. The summed E-state index contributed by atoms with van der Waals surface area (Å²) in [4.78, 5) is 12.5. The number of nitrogens with zero attached hydrogens (tertiary/aromatic N) is 1. The van der Waals surface area contributed by atoms with Gasteiger partial charge in [0, 0.05) is 31.7 Å². The second kappa shape index (κ2) is 6.41. The van der Waals surface area contributed by atoms with Gasteiger partial charge in [-0.1, -0.05) is 18.2 Å². The first-order valence-electron chi connectivity index (χ1n) is 8.62. The molecular weight excluding hydrogens is 350 g/mol. The van der Waals surface area contributed by atoms with E-state index in [4.69, 9.17) is 0 Å². The van der Waals surface area contributed by atoms with E-state index >= 15 is 0 Å². The van der Waals surface area contributed by atoms with E-state index in [0.29, 0.717) is 30.8 Å². The topological polar surface area (TPSA) is 78.5 Å². The molecule has 0 aliphatic carbocycles. The number of fused-ring (bicyclic) bond motifs is 2. The Morgan fingerprint density at radius 1 is 1.12 bits per heavy atom. The fourth-order valence-corrected chi connectivity index (χ4v) is 4.56. The first kappa shape index (κ1) is 17.1. The van der Waals surface area contributed by atoms with Crippen molar-refractivity contribution in [2.45, 2.75) is 26.1 Å². The number of amides is 1. The van der Waals surface area contributed by atoms with Gasteiger partial charge in [-0.3, -0.25) is 9.10 Å². The maximum absolute atomic E-state index is 12.5. The Kier molecular flexibility index (Phi) is 4.20. The molecule has 0 bridgehead atoms. The highest BCUT2D eigenvalue weighted by Crippen LogP contribution is 2.30. The minimum Gasteiger partial charge on any atom is -0.348 e. The van der Waals surface area contributed by atoms with Crippen LogP contribution >= 0.6 is 0 Å². The van der Waals surface area contributed by atoms with E-state index in [9.17, 15) is 13.2 Å². The first-order valence-corrected chi connectivity index (χ1v) is 10.5. The number of sulfonamides is 1. The van der Waals surface area contributed by atoms with E-state index in [1.807, 2.05) is 6.07 Å². The van der Waals surface area contributed by atoms with Gasteiger partial charge in [-0.15, -0.1) is 0 Å². The minimum atomic E-state index is -3.27. The Morgan fingerprint density at radius 3 is 2.73 bits per heavy atom. The summed E-state index contributed by atoms with van der Waals surface area (Å²) in [5.74, 6) is -0.149. The number of anilines is 1. The molecule has 2 N–H and O–H groups in total. The molecule has 2 aromatic carbocycles. The fraction of sp³-hybridized carbons (Fsp3) is 0.316. The second-order valence-electron chi connectivity index (χ2n) is 6.82. The van der Waals surface area contributed by atoms with Crippen LogP contribution in [0.5, 0.6) is 0 Å². The quantitative estimate of drug-likeness (QED) is 0.855. The third kappa shape index (κ3) is 3.20. The van der Waals surface area contributed by atoms with Gasteiger partial charge in [0.1, 0.15) is 0 Å². The predicted molar refractivity (Wildman–Crippen MR) is 100 cm³/mol. The Morgan fingerprint density at radius 2 is 1.92 bits per heavy atom. The van der Waals surface area contributed by atoms with Crippen LogP contribution in [0.15, 0.2) is 36.4 Å². The van der Waals surface area contributed by atoms with Crippen LogP contribution in [0.3, 0.4) is 0 Å². The van der Waals surface area contributed by atoms with Crippen molar-refractivity contribution in [2.24, 2.45) is 0 Å². The van der Waals surface area contributed by atoms with Crippen molar-refractivity contribution in [3.8, 4) is 0 Å². The summed E-state index contributed by atoms with van der Waals surface area (Å²) >= 11 is 0. The van der Waals surface area contributed by atoms with Gasteiger partial charge < -0.3 is 10.6 Å². The molecule has 2 aromatic rings. The van der Waals surface area contributed by atoms with Crippen LogP contribution in [0.25, 0.3) is 0 Å². The maximum Gasteiger partial charge on any atom is 0.251 e. The number of carbonyl (C=O) groups excluding carboxylic acids is 1. The van der Waals surface area contributed by atoms with Crippen molar-refractivity contribution < 1.29 is 13.2 Å². The van der Waals surface area contributed by atoms with Crippen molar-refractivity contribution in [2.75, 3.05) is 17.1 Å². The molecule has 136 valence electrons. The maximum atomic E-state index is 12.5. The molecule has 0 fully saturated rings. The zero-order valence-corrected chi connectivity index (χ0v) is 15.4. The summed E-state index contributed by atoms with van der Waals surface area (Å²) in [6.07, 6.45) is 1.83. The highest BCUT2D eigenvalue weighted by atomic mass is 32.2. The van der Waals surface area contributed by atoms with E-state index < -0.39 is 10.0 Å². The molecular formula is C19H21N3O3S. The monoisotopic (exact) mass is 371 g/mol. The predicted octanol–water partition coefficient (Wildman–Crippen LogP) is 1.54. The smallest absolute Gasteiger partial charge is 0.251 e. The average molecular weight is 371 g/mol. The fourth-order valence-electron chi connectivity index (χ4n) is 3.60. The Balaban J connectivity index is 1.46. The molecule has 26 heavy (non-hydrogen) atoms. The van der Waals surface area contributed by atoms with Crippen LogP contribution in [0.2, 0.25) is 0 Å². The second-order valence-corrected chi connectivity index (χ2v) is 8.72. The standard InChI is InChI=1S/C19H21N3O3S/c1-26(24,25)22-7-6-14-9-15(4-5-18(14)22)19(23)21-10-13-2-3-16-11-20-12-17(16)8-13/h2-5,8-9,20H,6-7,10-12H2,1H3,(H,21,23). The summed E-state index contributed by atoms with van der Waals surface area (Å²) in [5.41, 5.74) is 5.80. The normalized spacial score (nSPS) is 15.7. The zero-order valence-electron chi connectivity index (χ0n) is 14.6. The summed E-state index contributed by atoms with van der Waals surface area (Å²) < 4.78 is 25.0. The van der Waals surface area contributed by atoms with Crippen LogP contribution in [-0.2, 0) is 36.1 Å². The number of nitrogens with one attached hydrogen (secondary N) is 2. The van der Waals surface area contributed by atoms with Gasteiger partial charge in [-0.05, 0) is 46.9 Å². The van der Waals surface area contributed by atoms with Crippen molar-refractivity contribution in [1.29, 1.82) is 0 Å². The molecule has 6 nitrogen and oxygen atoms in total. The van der Waals surface area contributed by atoms with Gasteiger partial charge in [0.2, 0.25) is 10.0 Å². The van der Waals surface area contributed by atoms with Crippen molar-refractivity contribution in [1.82, 2.24) is 10.6 Å². The van der Waals surface area contributed by atoms with Crippen molar-refractivity contribution >= 4 is 21.6 Å². The lowest BCUT2D eigenvalue weighted by Gasteiger charge is -2.16. The Labute approximate surface area is 153 Å². The SMILES string of the molecule is CS(=O)(=O)N1CCc2cc(C(=O)NCc3ccc4c(c3)CNC4)ccc21. The lowest BCUT2D eigenvalue weighted by molar-refractivity contribution is 0.0951. The molecule has 0 aromatic heterocycles. The lowest BCUT2D eigenvalue weighted by atomic mass is 10.1. The van der Waals surface area contributed by atoms with Crippen LogP contribution < -0.4 is 14.9 Å². The molecule has 0 spiro atoms. The first-order chi connectivity index (χ1) is 12.4. The van der Waals surface area contributed by atoms with Crippen molar-refractivity contribution in [3.05, 3.63) is 64.2 Å². The number of carbonyl (C=O) groups is 1. The van der Waals surface area contributed by atoms with E-state index in [0.717, 1.165) is 24.2 Å². The molecule has 0 unspecified atom stereocenters. The molecule has 0 radical (unpaired) electrons. The molecule has 2 aliphatic heterocycles. The molecule has 0 saturated heterocycles. The average Bonchev–Trinajstić information content (AvgIpc) is 3.24. The van der Waals surface area contributed by atoms with Gasteiger partial charge in [0.15, 0.2) is 0 Å². The third-order valence-electron chi connectivity index (χ3n) is 4.95. The van der Waals surface area contributed by atoms with Gasteiger partial charge in [-0.2, -0.15) is 0 Å². The van der Waals surface area contributed by atoms with Crippen molar-refractivity contribution in [3.63, 3.8) is 0 Å². The molecule has 4 rings (SSSR count). The van der Waals surface area contributed by atoms with E-state index in [2.05, 4.69) is 22.8 Å². The zero-order chi connectivity index (χ0) is 18.3. The number of hydrogen-bond acceptors (Lipinski definition) is 4. The summed E-state index contributed by atoms with van der Waals surface area (Å²) in [6.45, 7) is 2.68. The minimum absolute atomic E-state index is 0.149. The van der Waals surface area contributed by atoms with Crippen LogP contribution in [0.4, 0.5) is 5.69 Å². The lowest BCUT2D eigenvalue weighted by Crippen LogP contribution is -2.27. The summed E-state index contributed by atoms with van der Waals surface area (Å²) in [7, 11) is -3.27. The molecule has 7 heteroatoms. The van der Waals surface area contributed by atoms with Crippen LogP contribution in [0, 0.1) is 0 Å². The number of rotatable bonds is 4. The van der Waals surface area contributed by atoms with E-state index in [-0.39, 0.29) is 5.91 Å². The third-order valence-corrected chi connectivity index (χ3v) is 6.13. The van der Waals surface area contributed by atoms with Gasteiger partial charge in [0.05, 0.1) is 11.9 Å². The van der Waals surface area contributed by atoms with E-state index in [1.165, 1.54) is 21.7 Å². The molecule has 2 aliphatic rings. The van der Waals surface area contributed by atoms with Gasteiger partial charge in [-0.25, -0.2) is 8.42 Å². The van der Waals surface area contributed by atoms with E-state index in [1.54, 1.807) is 18.2 Å². The number of hydrogen-bond donors (Lipinski definition) is 2. The molecule has 0 saturated carbocycles. The summed E-state index contributed by atoms with van der Waals surface area (Å²) in [5, 5.41) is 6.26. The van der Waals surface area contributed by atoms with Gasteiger partial charge >= 0.3 is 0 Å².